The molecule has 3 aromatic carbocycles. The summed E-state index contributed by atoms with van der Waals surface area (Å²) in [6, 6.07) is 26.8. The van der Waals surface area contributed by atoms with Crippen molar-refractivity contribution >= 4 is 23.6 Å². The number of aliphatic hydroxyl groups is 1. The first-order valence-electron chi connectivity index (χ1n) is 12.6. The average Bonchev–Trinajstić information content (AvgIpc) is 2.94. The number of nitrogens with two attached hydrogens (primary N) is 1. The number of carbonyl (C=O) groups is 4. The molecule has 0 aromatic heterocycles. The minimum Gasteiger partial charge on any atom is -0.381 e. The van der Waals surface area contributed by atoms with Crippen molar-refractivity contribution in [2.75, 3.05) is 6.54 Å². The molecule has 0 aliphatic heterocycles. The highest BCUT2D eigenvalue weighted by atomic mass is 16.3. The molecule has 9 nitrogen and oxygen atoms in total. The van der Waals surface area contributed by atoms with Crippen LogP contribution < -0.4 is 16.4 Å². The van der Waals surface area contributed by atoms with E-state index in [1.54, 1.807) is 0 Å². The Bertz CT molecular complexity index is 1220. The van der Waals surface area contributed by atoms with Crippen molar-refractivity contribution < 1.29 is 24.3 Å². The van der Waals surface area contributed by atoms with Crippen LogP contribution in [0.15, 0.2) is 91.0 Å². The molecule has 0 aliphatic rings. The van der Waals surface area contributed by atoms with Crippen molar-refractivity contribution in [3.05, 3.63) is 114 Å². The van der Waals surface area contributed by atoms with E-state index in [4.69, 9.17) is 5.73 Å². The van der Waals surface area contributed by atoms with Crippen LogP contribution in [0, 0.1) is 6.42 Å². The van der Waals surface area contributed by atoms with Crippen molar-refractivity contribution in [1.82, 2.24) is 15.5 Å². The molecule has 2 atom stereocenters. The normalized spacial score (nSPS) is 12.1. The summed E-state index contributed by atoms with van der Waals surface area (Å²) >= 11 is 0. The molecular formula is C30H33N4O5. The second-order valence-corrected chi connectivity index (χ2v) is 9.06. The van der Waals surface area contributed by atoms with Crippen LogP contribution in [0.2, 0.25) is 0 Å². The van der Waals surface area contributed by atoms with Gasteiger partial charge in [-0.05, 0) is 29.5 Å². The van der Waals surface area contributed by atoms with E-state index < -0.39 is 35.8 Å². The Balaban J connectivity index is 1.77. The molecule has 0 heterocycles. The lowest BCUT2D eigenvalue weighted by atomic mass is 10.0. The average molecular weight is 530 g/mol. The summed E-state index contributed by atoms with van der Waals surface area (Å²) in [7, 11) is 0. The van der Waals surface area contributed by atoms with Gasteiger partial charge in [-0.25, -0.2) is 0 Å². The molecule has 0 spiro atoms. The van der Waals surface area contributed by atoms with E-state index in [1.807, 2.05) is 91.0 Å². The first-order valence-corrected chi connectivity index (χ1v) is 12.6. The zero-order chi connectivity index (χ0) is 28.0. The molecule has 0 saturated heterocycles. The number of nitrogens with zero attached hydrogens (tertiary/aromatic N) is 1. The number of hydrogen-bond acceptors (Lipinski definition) is 5. The zero-order valence-corrected chi connectivity index (χ0v) is 21.5. The van der Waals surface area contributed by atoms with Crippen molar-refractivity contribution in [3.63, 3.8) is 0 Å². The molecule has 203 valence electrons. The number of aliphatic hydroxyl groups excluding tert-OH is 1. The summed E-state index contributed by atoms with van der Waals surface area (Å²) in [6.45, 7) is 0.0214. The Morgan fingerprint density at radius 1 is 0.821 bits per heavy atom. The fourth-order valence-corrected chi connectivity index (χ4v) is 4.01. The lowest BCUT2D eigenvalue weighted by Crippen LogP contribution is -2.52. The Kier molecular flexibility index (Phi) is 11.2. The summed E-state index contributed by atoms with van der Waals surface area (Å²) in [4.78, 5) is 51.4. The van der Waals surface area contributed by atoms with Crippen LogP contribution in [-0.4, -0.2) is 52.3 Å². The van der Waals surface area contributed by atoms with Crippen molar-refractivity contribution in [2.45, 2.75) is 38.1 Å². The Morgan fingerprint density at radius 2 is 1.36 bits per heavy atom. The lowest BCUT2D eigenvalue weighted by molar-refractivity contribution is -0.141. The molecule has 3 aromatic rings. The smallest absolute Gasteiger partial charge is 0.250 e. The van der Waals surface area contributed by atoms with E-state index in [9.17, 15) is 24.3 Å². The molecule has 4 amide bonds. The van der Waals surface area contributed by atoms with E-state index in [0.717, 1.165) is 16.7 Å². The molecule has 0 aliphatic carbocycles. The Labute approximate surface area is 228 Å². The highest BCUT2D eigenvalue weighted by Crippen LogP contribution is 2.12. The number of primary amides is 1. The molecule has 1 radical (unpaired) electrons. The number of aryl methyl sites for hydroxylation is 1. The van der Waals surface area contributed by atoms with Crippen LogP contribution in [0.1, 0.15) is 23.1 Å². The standard InChI is InChI=1S/C30H33N4O5/c31-27(36)18-28(37)33-25(17-16-22-10-4-1-5-11-22)30(39)34(20-24-14-8-3-9-15-24)21-26(35)29(38)32-19-23-12-6-2-7-13-23/h1-15,18,25-26,35H,16-17,19-21H2,(H2,31,36)(H,32,38)(H,33,37)/t25-,26-/m0/s1. The molecule has 0 fully saturated rings. The molecule has 9 heteroatoms. The fraction of sp³-hybridized carbons (Fsp3) is 0.233. The quantitative estimate of drug-likeness (QED) is 0.234. The van der Waals surface area contributed by atoms with Crippen molar-refractivity contribution in [1.29, 1.82) is 0 Å². The Morgan fingerprint density at radius 3 is 1.92 bits per heavy atom. The summed E-state index contributed by atoms with van der Waals surface area (Å²) < 4.78 is 0. The minimum atomic E-state index is -1.51. The SMILES string of the molecule is NC(=O)[CH]C(=O)N[C@@H](CCc1ccccc1)C(=O)N(Cc1ccccc1)C[C@H](O)C(=O)NCc1ccccc1. The zero-order valence-electron chi connectivity index (χ0n) is 21.5. The third kappa shape index (κ3) is 10.1. The van der Waals surface area contributed by atoms with Crippen LogP contribution in [0.4, 0.5) is 0 Å². The maximum absolute atomic E-state index is 13.8. The summed E-state index contributed by atoms with van der Waals surface area (Å²) in [6.07, 6.45) is -0.143. The summed E-state index contributed by atoms with van der Waals surface area (Å²) in [5, 5.41) is 16.0. The van der Waals surface area contributed by atoms with Crippen LogP contribution >= 0.6 is 0 Å². The van der Waals surface area contributed by atoms with Gasteiger partial charge in [0.1, 0.15) is 18.6 Å². The maximum Gasteiger partial charge on any atom is 0.250 e. The first-order chi connectivity index (χ1) is 18.8. The second-order valence-electron chi connectivity index (χ2n) is 9.06. The van der Waals surface area contributed by atoms with Crippen LogP contribution in [0.25, 0.3) is 0 Å². The molecule has 3 rings (SSSR count). The molecule has 5 N–H and O–H groups in total. The van der Waals surface area contributed by atoms with Gasteiger partial charge in [-0.2, -0.15) is 0 Å². The van der Waals surface area contributed by atoms with Gasteiger partial charge in [0, 0.05) is 13.1 Å². The van der Waals surface area contributed by atoms with Crippen LogP contribution in [0.3, 0.4) is 0 Å². The Hall–Kier alpha value is -4.50. The third-order valence-electron chi connectivity index (χ3n) is 5.99. The maximum atomic E-state index is 13.8. The van der Waals surface area contributed by atoms with E-state index in [0.29, 0.717) is 12.8 Å². The largest absolute Gasteiger partial charge is 0.381 e. The number of carbonyl (C=O) groups excluding carboxylic acids is 4. The number of hydrogen-bond donors (Lipinski definition) is 4. The summed E-state index contributed by atoms with van der Waals surface area (Å²) in [5.41, 5.74) is 7.71. The fourth-order valence-electron chi connectivity index (χ4n) is 4.01. The van der Waals surface area contributed by atoms with Gasteiger partial charge >= 0.3 is 0 Å². The first kappa shape index (κ1) is 29.1. The van der Waals surface area contributed by atoms with Crippen molar-refractivity contribution in [2.24, 2.45) is 5.73 Å². The van der Waals surface area contributed by atoms with Gasteiger partial charge in [-0.3, -0.25) is 19.2 Å². The molecule has 0 saturated carbocycles. The predicted octanol–water partition coefficient (Wildman–Crippen LogP) is 1.50. The molecular weight excluding hydrogens is 496 g/mol. The van der Waals surface area contributed by atoms with Gasteiger partial charge in [-0.15, -0.1) is 0 Å². The minimum absolute atomic E-state index is 0.0972. The van der Waals surface area contributed by atoms with Gasteiger partial charge in [-0.1, -0.05) is 91.0 Å². The van der Waals surface area contributed by atoms with Gasteiger partial charge in [0.05, 0.1) is 6.54 Å². The van der Waals surface area contributed by atoms with E-state index >= 15 is 0 Å². The van der Waals surface area contributed by atoms with E-state index in [1.165, 1.54) is 4.90 Å². The topological polar surface area (TPSA) is 142 Å². The van der Waals surface area contributed by atoms with Gasteiger partial charge in [0.2, 0.25) is 17.7 Å². The van der Waals surface area contributed by atoms with Gasteiger partial charge in [0.15, 0.2) is 0 Å². The van der Waals surface area contributed by atoms with Gasteiger partial charge in [0.25, 0.3) is 5.91 Å². The predicted molar refractivity (Wildman–Crippen MR) is 146 cm³/mol. The highest BCUT2D eigenvalue weighted by Gasteiger charge is 2.29. The van der Waals surface area contributed by atoms with E-state index in [2.05, 4.69) is 10.6 Å². The van der Waals surface area contributed by atoms with Crippen LogP contribution in [-0.2, 0) is 38.7 Å². The molecule has 0 unspecified atom stereocenters. The monoisotopic (exact) mass is 529 g/mol. The van der Waals surface area contributed by atoms with Crippen molar-refractivity contribution in [3.8, 4) is 0 Å². The second kappa shape index (κ2) is 15.0. The number of amides is 4. The third-order valence-corrected chi connectivity index (χ3v) is 5.99. The highest BCUT2D eigenvalue weighted by molar-refractivity contribution is 6.08. The lowest BCUT2D eigenvalue weighted by Gasteiger charge is -2.29. The molecule has 39 heavy (non-hydrogen) atoms. The van der Waals surface area contributed by atoms with Gasteiger partial charge < -0.3 is 26.4 Å². The molecule has 0 bridgehead atoms. The number of benzene rings is 3. The summed E-state index contributed by atoms with van der Waals surface area (Å²) in [5.74, 6) is -2.87. The number of nitrogens with one attached hydrogen (secondary N) is 2. The number of rotatable bonds is 14. The van der Waals surface area contributed by atoms with Crippen LogP contribution in [0.5, 0.6) is 0 Å². The van der Waals surface area contributed by atoms with E-state index in [-0.39, 0.29) is 26.1 Å².